The molecular weight excluding hydrogens is 166 g/mol. The molecule has 0 bridgehead atoms. The lowest BCUT2D eigenvalue weighted by Gasteiger charge is -2.23. The van der Waals surface area contributed by atoms with E-state index in [0.29, 0.717) is 19.6 Å². The van der Waals surface area contributed by atoms with Crippen LogP contribution in [0, 0.1) is 0 Å². The SMILES string of the molecule is CC.CC.CCN1OCCCC1=O. The molecule has 3 nitrogen and oxygen atoms in total. The summed E-state index contributed by atoms with van der Waals surface area (Å²) in [5.41, 5.74) is 0. The Labute approximate surface area is 82.0 Å². The van der Waals surface area contributed by atoms with Crippen LogP contribution in [0.4, 0.5) is 0 Å². The van der Waals surface area contributed by atoms with Crippen LogP contribution in [-0.4, -0.2) is 24.1 Å². The van der Waals surface area contributed by atoms with E-state index >= 15 is 0 Å². The standard InChI is InChI=1S/C6H11NO2.2C2H6/c1-2-7-6(8)4-3-5-9-7;2*1-2/h2-5H2,1H3;2*1-2H3. The minimum absolute atomic E-state index is 0.115. The lowest BCUT2D eigenvalue weighted by atomic mass is 10.3. The molecule has 1 fully saturated rings. The number of amides is 1. The molecule has 1 aliphatic rings. The Balaban J connectivity index is 0. The summed E-state index contributed by atoms with van der Waals surface area (Å²) in [6.45, 7) is 11.3. The highest BCUT2D eigenvalue weighted by Gasteiger charge is 2.16. The van der Waals surface area contributed by atoms with Gasteiger partial charge in [0.25, 0.3) is 0 Å². The maximum atomic E-state index is 10.8. The summed E-state index contributed by atoms with van der Waals surface area (Å²) in [6, 6.07) is 0. The van der Waals surface area contributed by atoms with Crippen molar-refractivity contribution >= 4 is 5.91 Å². The number of carbonyl (C=O) groups is 1. The van der Waals surface area contributed by atoms with Crippen molar-refractivity contribution in [1.29, 1.82) is 0 Å². The molecule has 1 rings (SSSR count). The van der Waals surface area contributed by atoms with E-state index in [1.54, 1.807) is 0 Å². The van der Waals surface area contributed by atoms with Crippen molar-refractivity contribution in [2.24, 2.45) is 0 Å². The Bertz CT molecular complexity index is 115. The maximum Gasteiger partial charge on any atom is 0.246 e. The molecule has 13 heavy (non-hydrogen) atoms. The van der Waals surface area contributed by atoms with Crippen molar-refractivity contribution < 1.29 is 9.63 Å². The van der Waals surface area contributed by atoms with Gasteiger partial charge >= 0.3 is 0 Å². The van der Waals surface area contributed by atoms with E-state index in [4.69, 9.17) is 4.84 Å². The second kappa shape index (κ2) is 11.4. The zero-order valence-corrected chi connectivity index (χ0v) is 9.59. The highest BCUT2D eigenvalue weighted by Crippen LogP contribution is 2.05. The van der Waals surface area contributed by atoms with Crippen LogP contribution in [0.15, 0.2) is 0 Å². The number of hydroxylamine groups is 2. The normalized spacial score (nSPS) is 15.2. The van der Waals surface area contributed by atoms with Gasteiger partial charge in [-0.15, -0.1) is 0 Å². The zero-order valence-electron chi connectivity index (χ0n) is 9.59. The van der Waals surface area contributed by atoms with Crippen LogP contribution in [-0.2, 0) is 9.63 Å². The van der Waals surface area contributed by atoms with Gasteiger partial charge in [0.05, 0.1) is 6.61 Å². The van der Waals surface area contributed by atoms with Gasteiger partial charge in [0.15, 0.2) is 0 Å². The molecule has 1 aliphatic heterocycles. The molecule has 80 valence electrons. The summed E-state index contributed by atoms with van der Waals surface area (Å²) in [5.74, 6) is 0.115. The van der Waals surface area contributed by atoms with E-state index in [9.17, 15) is 4.79 Å². The first-order valence-electron chi connectivity index (χ1n) is 5.28. The number of hydrogen-bond donors (Lipinski definition) is 0. The lowest BCUT2D eigenvalue weighted by Crippen LogP contribution is -2.35. The van der Waals surface area contributed by atoms with Crippen LogP contribution < -0.4 is 0 Å². The van der Waals surface area contributed by atoms with Crippen LogP contribution in [0.2, 0.25) is 0 Å². The van der Waals surface area contributed by atoms with Gasteiger partial charge in [0.2, 0.25) is 5.91 Å². The molecule has 1 amide bonds. The minimum atomic E-state index is 0.115. The van der Waals surface area contributed by atoms with Crippen molar-refractivity contribution in [3.63, 3.8) is 0 Å². The molecule has 0 atom stereocenters. The van der Waals surface area contributed by atoms with E-state index < -0.39 is 0 Å². The summed E-state index contributed by atoms with van der Waals surface area (Å²) in [7, 11) is 0. The average Bonchev–Trinajstić information content (AvgIpc) is 2.24. The fraction of sp³-hybridized carbons (Fsp3) is 0.900. The second-order valence-electron chi connectivity index (χ2n) is 2.03. The quantitative estimate of drug-likeness (QED) is 0.634. The third kappa shape index (κ3) is 6.58. The first-order chi connectivity index (χ1) is 6.34. The van der Waals surface area contributed by atoms with E-state index in [1.165, 1.54) is 5.06 Å². The van der Waals surface area contributed by atoms with Crippen LogP contribution in [0.3, 0.4) is 0 Å². The Morgan fingerprint density at radius 3 is 2.15 bits per heavy atom. The molecular formula is C10H23NO2. The van der Waals surface area contributed by atoms with Gasteiger partial charge in [-0.1, -0.05) is 27.7 Å². The molecule has 0 N–H and O–H groups in total. The first-order valence-corrected chi connectivity index (χ1v) is 5.28. The zero-order chi connectivity index (χ0) is 10.7. The van der Waals surface area contributed by atoms with Gasteiger partial charge in [-0.2, -0.15) is 0 Å². The molecule has 0 spiro atoms. The van der Waals surface area contributed by atoms with Crippen molar-refractivity contribution in [2.45, 2.75) is 47.5 Å². The van der Waals surface area contributed by atoms with Crippen molar-refractivity contribution in [2.75, 3.05) is 13.2 Å². The number of nitrogens with zero attached hydrogens (tertiary/aromatic N) is 1. The average molecular weight is 189 g/mol. The number of carbonyl (C=O) groups excluding carboxylic acids is 1. The minimum Gasteiger partial charge on any atom is -0.273 e. The molecule has 3 heteroatoms. The maximum absolute atomic E-state index is 10.8. The third-order valence-corrected chi connectivity index (χ3v) is 1.35. The van der Waals surface area contributed by atoms with Crippen LogP contribution in [0.5, 0.6) is 0 Å². The summed E-state index contributed by atoms with van der Waals surface area (Å²) in [5, 5.41) is 1.42. The fourth-order valence-electron chi connectivity index (χ4n) is 0.862. The predicted octanol–water partition coefficient (Wildman–Crippen LogP) is 2.61. The largest absolute Gasteiger partial charge is 0.273 e. The molecule has 0 aliphatic carbocycles. The molecule has 0 radical (unpaired) electrons. The molecule has 1 saturated heterocycles. The van der Waals surface area contributed by atoms with E-state index in [1.807, 2.05) is 34.6 Å². The molecule has 0 unspecified atom stereocenters. The monoisotopic (exact) mass is 189 g/mol. The Hall–Kier alpha value is -0.570. The summed E-state index contributed by atoms with van der Waals surface area (Å²) in [4.78, 5) is 15.8. The molecule has 1 heterocycles. The predicted molar refractivity (Wildman–Crippen MR) is 55.3 cm³/mol. The van der Waals surface area contributed by atoms with Crippen molar-refractivity contribution in [3.05, 3.63) is 0 Å². The summed E-state index contributed by atoms with van der Waals surface area (Å²) >= 11 is 0. The van der Waals surface area contributed by atoms with Gasteiger partial charge in [-0.3, -0.25) is 9.63 Å². The van der Waals surface area contributed by atoms with Crippen molar-refractivity contribution in [3.8, 4) is 0 Å². The van der Waals surface area contributed by atoms with Gasteiger partial charge < -0.3 is 0 Å². The Morgan fingerprint density at radius 2 is 1.85 bits per heavy atom. The van der Waals surface area contributed by atoms with Crippen LogP contribution in [0.25, 0.3) is 0 Å². The highest BCUT2D eigenvalue weighted by atomic mass is 16.7. The Morgan fingerprint density at radius 1 is 1.31 bits per heavy atom. The molecule has 0 aromatic carbocycles. The highest BCUT2D eigenvalue weighted by molar-refractivity contribution is 5.75. The smallest absolute Gasteiger partial charge is 0.246 e. The second-order valence-corrected chi connectivity index (χ2v) is 2.03. The van der Waals surface area contributed by atoms with E-state index in [0.717, 1.165) is 6.42 Å². The third-order valence-electron chi connectivity index (χ3n) is 1.35. The lowest BCUT2D eigenvalue weighted by molar-refractivity contribution is -0.196. The Kier molecular flexibility index (Phi) is 13.1. The van der Waals surface area contributed by atoms with Gasteiger partial charge in [0.1, 0.15) is 0 Å². The van der Waals surface area contributed by atoms with Crippen molar-refractivity contribution in [1.82, 2.24) is 5.06 Å². The van der Waals surface area contributed by atoms with Crippen LogP contribution in [0.1, 0.15) is 47.5 Å². The van der Waals surface area contributed by atoms with E-state index in [-0.39, 0.29) is 5.91 Å². The summed E-state index contributed by atoms with van der Waals surface area (Å²) < 4.78 is 0. The van der Waals surface area contributed by atoms with Gasteiger partial charge in [-0.25, -0.2) is 5.06 Å². The fourth-order valence-corrected chi connectivity index (χ4v) is 0.862. The van der Waals surface area contributed by atoms with Gasteiger partial charge in [0, 0.05) is 13.0 Å². The first kappa shape index (κ1) is 14.9. The van der Waals surface area contributed by atoms with Gasteiger partial charge in [-0.05, 0) is 13.3 Å². The number of hydrogen-bond acceptors (Lipinski definition) is 2. The number of rotatable bonds is 1. The van der Waals surface area contributed by atoms with Crippen LogP contribution >= 0.6 is 0 Å². The molecule has 0 saturated carbocycles. The molecule has 0 aromatic heterocycles. The van der Waals surface area contributed by atoms with E-state index in [2.05, 4.69) is 0 Å². The summed E-state index contributed by atoms with van der Waals surface area (Å²) in [6.07, 6.45) is 1.52. The topological polar surface area (TPSA) is 29.5 Å². The molecule has 0 aromatic rings.